The van der Waals surface area contributed by atoms with Crippen molar-refractivity contribution in [3.63, 3.8) is 0 Å². The van der Waals surface area contributed by atoms with Crippen LogP contribution in [-0.2, 0) is 16.4 Å². The number of hydrogen-bond donors (Lipinski definition) is 1. The van der Waals surface area contributed by atoms with Crippen molar-refractivity contribution in [1.82, 2.24) is 4.90 Å². The zero-order valence-electron chi connectivity index (χ0n) is 15.4. The first-order valence-electron chi connectivity index (χ1n) is 9.17. The Labute approximate surface area is 151 Å². The van der Waals surface area contributed by atoms with Crippen LogP contribution in [0.25, 0.3) is 0 Å². The summed E-state index contributed by atoms with van der Waals surface area (Å²) in [6, 6.07) is 8.01. The molecule has 0 unspecified atom stereocenters. The molecule has 1 aliphatic rings. The van der Waals surface area contributed by atoms with E-state index in [-0.39, 0.29) is 11.9 Å². The number of benzene rings is 1. The summed E-state index contributed by atoms with van der Waals surface area (Å²) in [5.41, 5.74) is 1.25. The van der Waals surface area contributed by atoms with E-state index in [4.69, 9.17) is 9.84 Å². The molecule has 1 aliphatic heterocycles. The number of aliphatic hydroxyl groups excluding tert-OH is 1. The maximum absolute atomic E-state index is 11.9. The Kier molecular flexibility index (Phi) is 7.72. The van der Waals surface area contributed by atoms with E-state index in [2.05, 4.69) is 17.0 Å². The van der Waals surface area contributed by atoms with Crippen molar-refractivity contribution in [3.8, 4) is 5.75 Å². The van der Waals surface area contributed by atoms with Crippen LogP contribution in [0.3, 0.4) is 0 Å². The maximum Gasteiger partial charge on any atom is 0.152 e. The maximum atomic E-state index is 11.9. The minimum Gasteiger partial charge on any atom is -0.491 e. The first-order valence-corrected chi connectivity index (χ1v) is 10.9. The van der Waals surface area contributed by atoms with E-state index < -0.39 is 9.84 Å². The fourth-order valence-corrected chi connectivity index (χ4v) is 4.25. The summed E-state index contributed by atoms with van der Waals surface area (Å²) >= 11 is 0. The number of sulfone groups is 1. The topological polar surface area (TPSA) is 66.8 Å². The van der Waals surface area contributed by atoms with Crippen molar-refractivity contribution in [3.05, 3.63) is 29.8 Å². The molecule has 0 saturated carbocycles. The average molecular weight is 370 g/mol. The average Bonchev–Trinajstić information content (AvgIpc) is 2.60. The predicted octanol–water partition coefficient (Wildman–Crippen LogP) is 2.48. The summed E-state index contributed by atoms with van der Waals surface area (Å²) in [6.07, 6.45) is 2.95. The van der Waals surface area contributed by atoms with Gasteiger partial charge in [0.15, 0.2) is 9.84 Å². The quantitative estimate of drug-likeness (QED) is 0.724. The second kappa shape index (κ2) is 9.55. The van der Waals surface area contributed by atoms with Crippen molar-refractivity contribution in [1.29, 1.82) is 0 Å². The summed E-state index contributed by atoms with van der Waals surface area (Å²) in [6.45, 7) is 6.83. The van der Waals surface area contributed by atoms with Crippen LogP contribution in [0.5, 0.6) is 5.75 Å². The third kappa shape index (κ3) is 6.60. The predicted molar refractivity (Wildman–Crippen MR) is 101 cm³/mol. The number of hydrogen-bond acceptors (Lipinski definition) is 5. The third-order valence-electron chi connectivity index (χ3n) is 4.93. The van der Waals surface area contributed by atoms with Crippen LogP contribution in [0.2, 0.25) is 0 Å². The van der Waals surface area contributed by atoms with Crippen LogP contribution in [0.15, 0.2) is 24.3 Å². The van der Waals surface area contributed by atoms with E-state index in [1.54, 1.807) is 13.8 Å². The van der Waals surface area contributed by atoms with Crippen LogP contribution in [-0.4, -0.2) is 55.7 Å². The van der Waals surface area contributed by atoms with Gasteiger partial charge in [0.1, 0.15) is 12.4 Å². The molecule has 1 heterocycles. The molecule has 0 radical (unpaired) electrons. The zero-order chi connectivity index (χ0) is 18.3. The van der Waals surface area contributed by atoms with Gasteiger partial charge in [-0.25, -0.2) is 8.42 Å². The van der Waals surface area contributed by atoms with Crippen LogP contribution >= 0.6 is 0 Å². The molecule has 1 aromatic carbocycles. The van der Waals surface area contributed by atoms with E-state index in [9.17, 15) is 8.42 Å². The first kappa shape index (κ1) is 20.2. The Balaban J connectivity index is 1.73. The molecule has 5 nitrogen and oxygen atoms in total. The summed E-state index contributed by atoms with van der Waals surface area (Å²) in [5.74, 6) is 1.63. The fourth-order valence-electron chi connectivity index (χ4n) is 3.11. The highest BCUT2D eigenvalue weighted by Crippen LogP contribution is 2.23. The van der Waals surface area contributed by atoms with Crippen molar-refractivity contribution in [2.75, 3.05) is 32.1 Å². The molecule has 0 spiro atoms. The summed E-state index contributed by atoms with van der Waals surface area (Å²) in [5, 5.41) is 8.50. The summed E-state index contributed by atoms with van der Waals surface area (Å²) in [7, 11) is -2.91. The molecule has 2 rings (SSSR count). The Morgan fingerprint density at radius 1 is 1.20 bits per heavy atom. The van der Waals surface area contributed by atoms with Crippen LogP contribution < -0.4 is 4.74 Å². The molecule has 0 aromatic heterocycles. The van der Waals surface area contributed by atoms with Gasteiger partial charge in [-0.2, -0.15) is 0 Å². The number of piperidine rings is 1. The van der Waals surface area contributed by atoms with E-state index in [0.29, 0.717) is 18.3 Å². The Morgan fingerprint density at radius 3 is 2.40 bits per heavy atom. The normalized spacial score (nSPS) is 17.1. The van der Waals surface area contributed by atoms with E-state index >= 15 is 0 Å². The molecule has 1 N–H and O–H groups in total. The molecule has 142 valence electrons. The van der Waals surface area contributed by atoms with Gasteiger partial charge in [-0.1, -0.05) is 12.1 Å². The van der Waals surface area contributed by atoms with E-state index in [1.807, 2.05) is 12.1 Å². The lowest BCUT2D eigenvalue weighted by atomic mass is 9.94. The SMILES string of the molecule is CC(C)S(=O)(=O)CCC1CCN(Cc2ccc(OCCO)cc2)CC1. The van der Waals surface area contributed by atoms with E-state index in [0.717, 1.165) is 44.6 Å². The van der Waals surface area contributed by atoms with Crippen LogP contribution in [0, 0.1) is 5.92 Å². The van der Waals surface area contributed by atoms with Crippen LogP contribution in [0.4, 0.5) is 0 Å². The van der Waals surface area contributed by atoms with Gasteiger partial charge in [0, 0.05) is 6.54 Å². The molecule has 0 bridgehead atoms. The fraction of sp³-hybridized carbons (Fsp3) is 0.684. The Morgan fingerprint density at radius 2 is 1.84 bits per heavy atom. The van der Waals surface area contributed by atoms with Crippen molar-refractivity contribution < 1.29 is 18.3 Å². The van der Waals surface area contributed by atoms with Crippen molar-refractivity contribution in [2.24, 2.45) is 5.92 Å². The Bertz CT molecular complexity index is 605. The van der Waals surface area contributed by atoms with Gasteiger partial charge in [-0.05, 0) is 69.8 Å². The molecule has 25 heavy (non-hydrogen) atoms. The highest BCUT2D eigenvalue weighted by Gasteiger charge is 2.23. The highest BCUT2D eigenvalue weighted by atomic mass is 32.2. The minimum absolute atomic E-state index is 0.0230. The molecule has 6 heteroatoms. The Hall–Kier alpha value is -1.11. The van der Waals surface area contributed by atoms with Gasteiger partial charge >= 0.3 is 0 Å². The second-order valence-electron chi connectivity index (χ2n) is 7.14. The molecular formula is C19H31NO4S. The molecule has 0 amide bonds. The first-order chi connectivity index (χ1) is 11.9. The van der Waals surface area contributed by atoms with Crippen LogP contribution in [0.1, 0.15) is 38.7 Å². The second-order valence-corrected chi connectivity index (χ2v) is 9.82. The van der Waals surface area contributed by atoms with Gasteiger partial charge in [-0.3, -0.25) is 4.90 Å². The monoisotopic (exact) mass is 369 g/mol. The number of nitrogens with zero attached hydrogens (tertiary/aromatic N) is 1. The highest BCUT2D eigenvalue weighted by molar-refractivity contribution is 7.91. The number of rotatable bonds is 9. The standard InChI is InChI=1S/C19H31NO4S/c1-16(2)25(22,23)14-9-17-7-10-20(11-8-17)15-18-3-5-19(6-4-18)24-13-12-21/h3-6,16-17,21H,7-15H2,1-2H3. The summed E-state index contributed by atoms with van der Waals surface area (Å²) in [4.78, 5) is 2.43. The lowest BCUT2D eigenvalue weighted by Crippen LogP contribution is -2.34. The van der Waals surface area contributed by atoms with Gasteiger partial charge < -0.3 is 9.84 Å². The van der Waals surface area contributed by atoms with Gasteiger partial charge in [0.2, 0.25) is 0 Å². The lowest BCUT2D eigenvalue weighted by molar-refractivity contribution is 0.175. The zero-order valence-corrected chi connectivity index (χ0v) is 16.2. The van der Waals surface area contributed by atoms with Gasteiger partial charge in [0.25, 0.3) is 0 Å². The number of aliphatic hydroxyl groups is 1. The number of ether oxygens (including phenoxy) is 1. The largest absolute Gasteiger partial charge is 0.491 e. The molecule has 0 aliphatic carbocycles. The van der Waals surface area contributed by atoms with Gasteiger partial charge in [0.05, 0.1) is 17.6 Å². The number of likely N-dealkylation sites (tertiary alicyclic amines) is 1. The lowest BCUT2D eigenvalue weighted by Gasteiger charge is -2.32. The van der Waals surface area contributed by atoms with Gasteiger partial charge in [-0.15, -0.1) is 0 Å². The van der Waals surface area contributed by atoms with Crippen molar-refractivity contribution >= 4 is 9.84 Å². The molecular weight excluding hydrogens is 338 g/mol. The van der Waals surface area contributed by atoms with E-state index in [1.165, 1.54) is 5.56 Å². The molecule has 1 fully saturated rings. The third-order valence-corrected chi connectivity index (χ3v) is 7.17. The molecule has 1 saturated heterocycles. The summed E-state index contributed by atoms with van der Waals surface area (Å²) < 4.78 is 29.2. The smallest absolute Gasteiger partial charge is 0.152 e. The minimum atomic E-state index is -2.91. The molecule has 0 atom stereocenters. The van der Waals surface area contributed by atoms with Crippen molar-refractivity contribution in [2.45, 2.75) is 44.9 Å². The molecule has 1 aromatic rings.